The Morgan fingerprint density at radius 3 is 3.06 bits per heavy atom. The van der Waals surface area contributed by atoms with E-state index in [1.807, 2.05) is 19.2 Å². The molecule has 1 fully saturated rings. The molecule has 2 unspecified atom stereocenters. The Labute approximate surface area is 103 Å². The third kappa shape index (κ3) is 2.36. The molecule has 1 aromatic rings. The van der Waals surface area contributed by atoms with Crippen LogP contribution in [0.1, 0.15) is 25.8 Å². The molecule has 0 aliphatic carbocycles. The summed E-state index contributed by atoms with van der Waals surface area (Å²) in [5, 5.41) is 0. The molecule has 2 atom stereocenters. The number of rotatable bonds is 2. The fraction of sp³-hybridized carbons (Fsp3) is 0.615. The van der Waals surface area contributed by atoms with Gasteiger partial charge in [0.2, 0.25) is 0 Å². The number of nitrogens with zero attached hydrogens (tertiary/aromatic N) is 2. The lowest BCUT2D eigenvalue weighted by Gasteiger charge is -2.39. The van der Waals surface area contributed by atoms with Crippen LogP contribution in [0.4, 0.5) is 11.5 Å². The van der Waals surface area contributed by atoms with Gasteiger partial charge >= 0.3 is 0 Å². The summed E-state index contributed by atoms with van der Waals surface area (Å²) in [5.41, 5.74) is 8.01. The van der Waals surface area contributed by atoms with Gasteiger partial charge in [0, 0.05) is 12.7 Å². The summed E-state index contributed by atoms with van der Waals surface area (Å²) >= 11 is 0. The Bertz CT molecular complexity index is 394. The quantitative estimate of drug-likeness (QED) is 0.851. The average molecular weight is 235 g/mol. The van der Waals surface area contributed by atoms with Crippen molar-refractivity contribution in [3.63, 3.8) is 0 Å². The molecule has 1 aromatic heterocycles. The molecule has 0 amide bonds. The molecule has 0 aromatic carbocycles. The minimum atomic E-state index is 0.236. The topological polar surface area (TPSA) is 51.4 Å². The maximum Gasteiger partial charge on any atom is 0.152 e. The first-order chi connectivity index (χ1) is 8.13. The number of ether oxygens (including phenoxy) is 1. The van der Waals surface area contributed by atoms with E-state index in [2.05, 4.69) is 23.7 Å². The molecule has 0 saturated carbocycles. The van der Waals surface area contributed by atoms with Gasteiger partial charge in [0.05, 0.1) is 24.4 Å². The molecule has 0 bridgehead atoms. The van der Waals surface area contributed by atoms with Gasteiger partial charge in [-0.05, 0) is 31.9 Å². The van der Waals surface area contributed by atoms with Crippen molar-refractivity contribution >= 4 is 11.5 Å². The van der Waals surface area contributed by atoms with Crippen LogP contribution in [0.3, 0.4) is 0 Å². The minimum Gasteiger partial charge on any atom is -0.396 e. The molecule has 2 rings (SSSR count). The molecule has 0 radical (unpaired) electrons. The van der Waals surface area contributed by atoms with Crippen LogP contribution < -0.4 is 10.6 Å². The molecular formula is C13H21N3O. The first-order valence-corrected chi connectivity index (χ1v) is 6.22. The van der Waals surface area contributed by atoms with E-state index in [9.17, 15) is 0 Å². The van der Waals surface area contributed by atoms with Crippen LogP contribution in [0.15, 0.2) is 12.3 Å². The maximum atomic E-state index is 6.13. The fourth-order valence-electron chi connectivity index (χ4n) is 2.23. The standard InChI is InChI=1S/C13H21N3O/c1-4-11-8-17-10(3)7-16(11)13-12(14)9(2)5-6-15-13/h5-6,10-11H,4,7-8,14H2,1-3H3. The van der Waals surface area contributed by atoms with Crippen LogP contribution >= 0.6 is 0 Å². The van der Waals surface area contributed by atoms with E-state index in [0.29, 0.717) is 6.04 Å². The number of nitrogens with two attached hydrogens (primary N) is 1. The highest BCUT2D eigenvalue weighted by molar-refractivity contribution is 5.67. The molecule has 1 aliphatic heterocycles. The smallest absolute Gasteiger partial charge is 0.152 e. The van der Waals surface area contributed by atoms with E-state index in [1.54, 1.807) is 0 Å². The number of hydrogen-bond acceptors (Lipinski definition) is 4. The predicted octanol–water partition coefficient (Wildman–Crippen LogP) is 1.98. The van der Waals surface area contributed by atoms with E-state index < -0.39 is 0 Å². The molecule has 94 valence electrons. The lowest BCUT2D eigenvalue weighted by molar-refractivity contribution is 0.0297. The molecule has 1 aliphatic rings. The van der Waals surface area contributed by atoms with Crippen LogP contribution in [0, 0.1) is 6.92 Å². The number of nitrogen functional groups attached to an aromatic ring is 1. The van der Waals surface area contributed by atoms with Gasteiger partial charge in [0.15, 0.2) is 5.82 Å². The second-order valence-electron chi connectivity index (χ2n) is 4.72. The summed E-state index contributed by atoms with van der Waals surface area (Å²) in [7, 11) is 0. The Morgan fingerprint density at radius 1 is 1.59 bits per heavy atom. The first kappa shape index (κ1) is 12.2. The van der Waals surface area contributed by atoms with Crippen molar-refractivity contribution in [3.8, 4) is 0 Å². The van der Waals surface area contributed by atoms with Crippen LogP contribution in [0.2, 0.25) is 0 Å². The van der Waals surface area contributed by atoms with Crippen LogP contribution in [0.5, 0.6) is 0 Å². The highest BCUT2D eigenvalue weighted by Crippen LogP contribution is 2.28. The average Bonchev–Trinajstić information content (AvgIpc) is 2.33. The van der Waals surface area contributed by atoms with Crippen molar-refractivity contribution in [2.75, 3.05) is 23.8 Å². The zero-order valence-electron chi connectivity index (χ0n) is 10.8. The summed E-state index contributed by atoms with van der Waals surface area (Å²) in [6.07, 6.45) is 3.11. The maximum absolute atomic E-state index is 6.13. The summed E-state index contributed by atoms with van der Waals surface area (Å²) in [6.45, 7) is 7.89. The molecule has 2 heterocycles. The number of morpholine rings is 1. The normalized spacial score (nSPS) is 25.0. The highest BCUT2D eigenvalue weighted by atomic mass is 16.5. The zero-order chi connectivity index (χ0) is 12.4. The van der Waals surface area contributed by atoms with Gasteiger partial charge < -0.3 is 15.4 Å². The van der Waals surface area contributed by atoms with E-state index in [-0.39, 0.29) is 6.10 Å². The second kappa shape index (κ2) is 4.92. The van der Waals surface area contributed by atoms with E-state index in [4.69, 9.17) is 10.5 Å². The van der Waals surface area contributed by atoms with Crippen molar-refractivity contribution in [1.82, 2.24) is 4.98 Å². The van der Waals surface area contributed by atoms with E-state index >= 15 is 0 Å². The predicted molar refractivity (Wildman–Crippen MR) is 70.2 cm³/mol. The Hall–Kier alpha value is -1.29. The van der Waals surface area contributed by atoms with Gasteiger partial charge in [0.25, 0.3) is 0 Å². The molecule has 4 nitrogen and oxygen atoms in total. The highest BCUT2D eigenvalue weighted by Gasteiger charge is 2.27. The third-order valence-electron chi connectivity index (χ3n) is 3.40. The van der Waals surface area contributed by atoms with Crippen LogP contribution in [-0.2, 0) is 4.74 Å². The van der Waals surface area contributed by atoms with Crippen LogP contribution in [0.25, 0.3) is 0 Å². The van der Waals surface area contributed by atoms with E-state index in [1.165, 1.54) is 0 Å². The zero-order valence-corrected chi connectivity index (χ0v) is 10.8. The Balaban J connectivity index is 2.32. The van der Waals surface area contributed by atoms with E-state index in [0.717, 1.165) is 36.6 Å². The number of aryl methyl sites for hydroxylation is 1. The van der Waals surface area contributed by atoms with Crippen molar-refractivity contribution in [1.29, 1.82) is 0 Å². The van der Waals surface area contributed by atoms with Crippen molar-refractivity contribution < 1.29 is 4.74 Å². The summed E-state index contributed by atoms with van der Waals surface area (Å²) in [6, 6.07) is 2.33. The molecular weight excluding hydrogens is 214 g/mol. The van der Waals surface area contributed by atoms with Crippen LogP contribution in [-0.4, -0.2) is 30.3 Å². The van der Waals surface area contributed by atoms with Gasteiger partial charge in [0.1, 0.15) is 0 Å². The molecule has 2 N–H and O–H groups in total. The number of hydrogen-bond donors (Lipinski definition) is 1. The largest absolute Gasteiger partial charge is 0.396 e. The summed E-state index contributed by atoms with van der Waals surface area (Å²) in [4.78, 5) is 6.73. The third-order valence-corrected chi connectivity index (χ3v) is 3.40. The van der Waals surface area contributed by atoms with Gasteiger partial charge in [-0.25, -0.2) is 4.98 Å². The molecule has 0 spiro atoms. The summed E-state index contributed by atoms with van der Waals surface area (Å²) < 4.78 is 5.69. The Morgan fingerprint density at radius 2 is 2.35 bits per heavy atom. The fourth-order valence-corrected chi connectivity index (χ4v) is 2.23. The molecule has 1 saturated heterocycles. The number of pyridine rings is 1. The SMILES string of the molecule is CCC1COC(C)CN1c1nccc(C)c1N. The number of aromatic nitrogens is 1. The van der Waals surface area contributed by atoms with Gasteiger partial charge in [-0.15, -0.1) is 0 Å². The molecule has 4 heteroatoms. The molecule has 17 heavy (non-hydrogen) atoms. The lowest BCUT2D eigenvalue weighted by atomic mass is 10.1. The summed E-state index contributed by atoms with van der Waals surface area (Å²) in [5.74, 6) is 0.909. The van der Waals surface area contributed by atoms with Crippen molar-refractivity contribution in [3.05, 3.63) is 17.8 Å². The number of anilines is 2. The minimum absolute atomic E-state index is 0.236. The van der Waals surface area contributed by atoms with Gasteiger partial charge in [-0.3, -0.25) is 0 Å². The first-order valence-electron chi connectivity index (χ1n) is 6.22. The lowest BCUT2D eigenvalue weighted by Crippen LogP contribution is -2.49. The van der Waals surface area contributed by atoms with Crippen molar-refractivity contribution in [2.45, 2.75) is 39.3 Å². The van der Waals surface area contributed by atoms with Crippen molar-refractivity contribution in [2.24, 2.45) is 0 Å². The van der Waals surface area contributed by atoms with Gasteiger partial charge in [-0.2, -0.15) is 0 Å². The second-order valence-corrected chi connectivity index (χ2v) is 4.72. The van der Waals surface area contributed by atoms with Gasteiger partial charge in [-0.1, -0.05) is 6.92 Å². The monoisotopic (exact) mass is 235 g/mol. The Kier molecular flexibility index (Phi) is 3.52.